The van der Waals surface area contributed by atoms with Crippen molar-refractivity contribution in [1.29, 1.82) is 0 Å². The van der Waals surface area contributed by atoms with Crippen LogP contribution in [-0.2, 0) is 4.74 Å². The van der Waals surface area contributed by atoms with Gasteiger partial charge in [0.1, 0.15) is 24.4 Å². The van der Waals surface area contributed by atoms with Crippen molar-refractivity contribution in [3.63, 3.8) is 0 Å². The summed E-state index contributed by atoms with van der Waals surface area (Å²) in [6.07, 6.45) is -4.07. The van der Waals surface area contributed by atoms with Gasteiger partial charge in [-0.25, -0.2) is 4.98 Å². The molecule has 0 bridgehead atoms. The minimum Gasteiger partial charge on any atom is -0.394 e. The Labute approximate surface area is 100 Å². The highest BCUT2D eigenvalue weighted by molar-refractivity contribution is 7.11. The average Bonchev–Trinajstić information content (AvgIpc) is 2.87. The lowest BCUT2D eigenvalue weighted by molar-refractivity contribution is -0.0238. The summed E-state index contributed by atoms with van der Waals surface area (Å²) in [5.74, 6) is -0.659. The zero-order valence-electron chi connectivity index (χ0n) is 8.68. The van der Waals surface area contributed by atoms with E-state index in [4.69, 9.17) is 15.6 Å². The second-order valence-corrected chi connectivity index (χ2v) is 4.56. The molecule has 0 unspecified atom stereocenters. The Kier molecular flexibility index (Phi) is 3.40. The molecule has 1 aromatic rings. The molecule has 4 atom stereocenters. The molecule has 1 aromatic heterocycles. The first-order valence-electron chi connectivity index (χ1n) is 4.92. The van der Waals surface area contributed by atoms with Crippen LogP contribution in [0.1, 0.15) is 21.6 Å². The molecule has 0 aliphatic carbocycles. The third-order valence-electron chi connectivity index (χ3n) is 2.57. The summed E-state index contributed by atoms with van der Waals surface area (Å²) < 4.78 is 5.26. The fourth-order valence-corrected chi connectivity index (χ4v) is 2.37. The van der Waals surface area contributed by atoms with Crippen molar-refractivity contribution in [3.8, 4) is 0 Å². The fraction of sp³-hybridized carbons (Fsp3) is 0.556. The third kappa shape index (κ3) is 2.17. The summed E-state index contributed by atoms with van der Waals surface area (Å²) in [4.78, 5) is 14.8. The van der Waals surface area contributed by atoms with E-state index in [1.54, 1.807) is 0 Å². The van der Waals surface area contributed by atoms with E-state index in [0.29, 0.717) is 5.69 Å². The van der Waals surface area contributed by atoms with Gasteiger partial charge in [-0.05, 0) is 0 Å². The highest BCUT2D eigenvalue weighted by atomic mass is 32.1. The van der Waals surface area contributed by atoms with E-state index in [1.165, 1.54) is 5.38 Å². The fourth-order valence-electron chi connectivity index (χ4n) is 1.67. The molecule has 0 saturated carbocycles. The molecular weight excluding hydrogens is 248 g/mol. The van der Waals surface area contributed by atoms with E-state index in [0.717, 1.165) is 11.3 Å². The first kappa shape index (κ1) is 12.4. The van der Waals surface area contributed by atoms with Crippen LogP contribution in [0.4, 0.5) is 0 Å². The van der Waals surface area contributed by atoms with Crippen LogP contribution in [0.3, 0.4) is 0 Å². The van der Waals surface area contributed by atoms with Gasteiger partial charge in [0.05, 0.1) is 12.3 Å². The van der Waals surface area contributed by atoms with Gasteiger partial charge >= 0.3 is 0 Å². The molecule has 5 N–H and O–H groups in total. The molecule has 8 heteroatoms. The highest BCUT2D eigenvalue weighted by Crippen LogP contribution is 2.33. The molecule has 0 spiro atoms. The Bertz CT molecular complexity index is 423. The van der Waals surface area contributed by atoms with Crippen molar-refractivity contribution < 1.29 is 24.9 Å². The summed E-state index contributed by atoms with van der Waals surface area (Å²) >= 11 is 1.04. The molecule has 1 aliphatic heterocycles. The van der Waals surface area contributed by atoms with Crippen molar-refractivity contribution in [3.05, 3.63) is 16.1 Å². The number of primary amides is 1. The van der Waals surface area contributed by atoms with Crippen LogP contribution < -0.4 is 5.73 Å². The van der Waals surface area contributed by atoms with Gasteiger partial charge in [-0.1, -0.05) is 0 Å². The predicted molar refractivity (Wildman–Crippen MR) is 57.3 cm³/mol. The highest BCUT2D eigenvalue weighted by Gasteiger charge is 2.44. The number of nitrogens with two attached hydrogens (primary N) is 1. The predicted octanol–water partition coefficient (Wildman–Crippen LogP) is -1.60. The van der Waals surface area contributed by atoms with Crippen LogP contribution in [0.5, 0.6) is 0 Å². The van der Waals surface area contributed by atoms with E-state index in [-0.39, 0.29) is 5.01 Å². The number of carbonyl (C=O) groups excluding carboxylic acids is 1. The average molecular weight is 260 g/mol. The van der Waals surface area contributed by atoms with Crippen LogP contribution in [0, 0.1) is 0 Å². The topological polar surface area (TPSA) is 126 Å². The van der Waals surface area contributed by atoms with E-state index in [2.05, 4.69) is 4.98 Å². The van der Waals surface area contributed by atoms with Crippen molar-refractivity contribution >= 4 is 17.2 Å². The molecule has 7 nitrogen and oxygen atoms in total. The molecule has 1 fully saturated rings. The van der Waals surface area contributed by atoms with Gasteiger partial charge in [0.25, 0.3) is 5.91 Å². The standard InChI is InChI=1S/C9H12N2O5S/c10-8(15)9-11-3(2-17-9)7-6(14)5(13)4(1-12)16-7/h2,4-7,12-14H,1H2,(H2,10,15)/t4-,5-,6-,7+/m1/s1. The molecule has 94 valence electrons. The van der Waals surface area contributed by atoms with Gasteiger partial charge in [-0.15, -0.1) is 11.3 Å². The maximum absolute atomic E-state index is 10.9. The Morgan fingerprint density at radius 1 is 1.53 bits per heavy atom. The molecule has 1 saturated heterocycles. The lowest BCUT2D eigenvalue weighted by Crippen LogP contribution is -2.32. The summed E-state index contributed by atoms with van der Waals surface area (Å²) in [6.45, 7) is -0.401. The quantitative estimate of drug-likeness (QED) is 0.518. The minimum atomic E-state index is -1.19. The molecular formula is C9H12N2O5S. The number of hydrogen-bond donors (Lipinski definition) is 4. The van der Waals surface area contributed by atoms with Gasteiger partial charge < -0.3 is 25.8 Å². The number of hydrogen-bond acceptors (Lipinski definition) is 7. The maximum atomic E-state index is 10.9. The summed E-state index contributed by atoms with van der Waals surface area (Å²) in [6, 6.07) is 0. The van der Waals surface area contributed by atoms with Crippen LogP contribution >= 0.6 is 11.3 Å². The molecule has 0 radical (unpaired) electrons. The molecule has 2 rings (SSSR count). The zero-order valence-corrected chi connectivity index (χ0v) is 9.50. The van der Waals surface area contributed by atoms with Crippen molar-refractivity contribution in [2.24, 2.45) is 5.73 Å². The normalized spacial score (nSPS) is 32.9. The lowest BCUT2D eigenvalue weighted by atomic mass is 10.1. The summed E-state index contributed by atoms with van der Waals surface area (Å²) in [5.41, 5.74) is 5.38. The van der Waals surface area contributed by atoms with Gasteiger partial charge in [-0.3, -0.25) is 4.79 Å². The van der Waals surface area contributed by atoms with Gasteiger partial charge in [0.15, 0.2) is 5.01 Å². The van der Waals surface area contributed by atoms with Crippen LogP contribution in [-0.4, -0.2) is 51.1 Å². The molecule has 2 heterocycles. The second-order valence-electron chi connectivity index (χ2n) is 3.70. The number of aliphatic hydroxyl groups is 3. The molecule has 17 heavy (non-hydrogen) atoms. The zero-order chi connectivity index (χ0) is 12.6. The van der Waals surface area contributed by atoms with Gasteiger partial charge in [0, 0.05) is 5.38 Å². The van der Waals surface area contributed by atoms with E-state index in [1.807, 2.05) is 0 Å². The van der Waals surface area contributed by atoms with Crippen LogP contribution in [0.15, 0.2) is 5.38 Å². The van der Waals surface area contributed by atoms with Crippen molar-refractivity contribution in [2.45, 2.75) is 24.4 Å². The number of aromatic nitrogens is 1. The largest absolute Gasteiger partial charge is 0.394 e. The van der Waals surface area contributed by atoms with Crippen LogP contribution in [0.2, 0.25) is 0 Å². The number of aliphatic hydroxyl groups excluding tert-OH is 3. The Morgan fingerprint density at radius 2 is 2.24 bits per heavy atom. The summed E-state index contributed by atoms with van der Waals surface area (Å²) in [7, 11) is 0. The van der Waals surface area contributed by atoms with Crippen LogP contribution in [0.25, 0.3) is 0 Å². The number of carbonyl (C=O) groups is 1. The molecule has 1 aliphatic rings. The first-order chi connectivity index (χ1) is 8.04. The molecule has 1 amide bonds. The van der Waals surface area contributed by atoms with E-state index in [9.17, 15) is 15.0 Å². The number of thiazole rings is 1. The van der Waals surface area contributed by atoms with Crippen molar-refractivity contribution in [1.82, 2.24) is 4.98 Å². The number of amides is 1. The Hall–Kier alpha value is -1.06. The molecule has 0 aromatic carbocycles. The maximum Gasteiger partial charge on any atom is 0.277 e. The van der Waals surface area contributed by atoms with Crippen molar-refractivity contribution in [2.75, 3.05) is 6.61 Å². The Balaban J connectivity index is 2.19. The van der Waals surface area contributed by atoms with Gasteiger partial charge in [0.2, 0.25) is 0 Å². The summed E-state index contributed by atoms with van der Waals surface area (Å²) in [5, 5.41) is 29.8. The first-order valence-corrected chi connectivity index (χ1v) is 5.80. The SMILES string of the molecule is NC(=O)c1nc([C@@H]2O[C@H](CO)[C@@H](O)[C@H]2O)cs1. The second kappa shape index (κ2) is 4.67. The smallest absolute Gasteiger partial charge is 0.277 e. The van der Waals surface area contributed by atoms with E-state index >= 15 is 0 Å². The van der Waals surface area contributed by atoms with Gasteiger partial charge in [-0.2, -0.15) is 0 Å². The minimum absolute atomic E-state index is 0.109. The number of rotatable bonds is 3. The number of nitrogens with zero attached hydrogens (tertiary/aromatic N) is 1. The monoisotopic (exact) mass is 260 g/mol. The number of ether oxygens (including phenoxy) is 1. The Morgan fingerprint density at radius 3 is 2.71 bits per heavy atom. The third-order valence-corrected chi connectivity index (χ3v) is 3.44. The lowest BCUT2D eigenvalue weighted by Gasteiger charge is -2.11. The van der Waals surface area contributed by atoms with E-state index < -0.39 is 36.9 Å².